The molecule has 8 nitrogen and oxygen atoms in total. The summed E-state index contributed by atoms with van der Waals surface area (Å²) in [6.45, 7) is 3.54. The number of halogens is 1. The van der Waals surface area contributed by atoms with Gasteiger partial charge in [0.1, 0.15) is 17.3 Å². The van der Waals surface area contributed by atoms with Crippen LogP contribution in [0.4, 0.5) is 4.39 Å². The number of aromatic nitrogens is 1. The fraction of sp³-hybridized carbons (Fsp3) is 0.348. The van der Waals surface area contributed by atoms with Crippen molar-refractivity contribution in [3.63, 3.8) is 0 Å². The molecule has 0 aliphatic carbocycles. The largest absolute Gasteiger partial charge is 0.507 e. The Kier molecular flexibility index (Phi) is 6.48. The third-order valence-electron chi connectivity index (χ3n) is 5.72. The van der Waals surface area contributed by atoms with Crippen LogP contribution in [0.15, 0.2) is 48.3 Å². The summed E-state index contributed by atoms with van der Waals surface area (Å²) in [4.78, 5) is 33.7. The van der Waals surface area contributed by atoms with E-state index in [0.29, 0.717) is 25.3 Å². The van der Waals surface area contributed by atoms with Gasteiger partial charge in [-0.25, -0.2) is 4.39 Å². The van der Waals surface area contributed by atoms with Gasteiger partial charge in [0.25, 0.3) is 11.7 Å². The zero-order chi connectivity index (χ0) is 22.7. The average molecular weight is 441 g/mol. The number of benzene rings is 1. The lowest BCUT2D eigenvalue weighted by atomic mass is 9.96. The van der Waals surface area contributed by atoms with Crippen molar-refractivity contribution in [1.29, 1.82) is 0 Å². The fourth-order valence-corrected chi connectivity index (χ4v) is 4.08. The summed E-state index contributed by atoms with van der Waals surface area (Å²) < 4.78 is 24.5. The van der Waals surface area contributed by atoms with E-state index in [9.17, 15) is 19.1 Å². The van der Waals surface area contributed by atoms with Gasteiger partial charge in [0.2, 0.25) is 0 Å². The number of Topliss-reactive ketones (excluding diaryl/α,β-unsaturated/α-hetero) is 1. The van der Waals surface area contributed by atoms with Crippen molar-refractivity contribution in [1.82, 2.24) is 14.8 Å². The second-order valence-electron chi connectivity index (χ2n) is 7.58. The van der Waals surface area contributed by atoms with Crippen molar-refractivity contribution in [3.8, 4) is 5.75 Å². The van der Waals surface area contributed by atoms with Crippen LogP contribution < -0.4 is 4.74 Å². The molecule has 32 heavy (non-hydrogen) atoms. The summed E-state index contributed by atoms with van der Waals surface area (Å²) in [5, 5.41) is 11.1. The molecule has 2 fully saturated rings. The monoisotopic (exact) mass is 441 g/mol. The molecule has 2 aromatic rings. The lowest BCUT2D eigenvalue weighted by molar-refractivity contribution is -0.140. The predicted molar refractivity (Wildman–Crippen MR) is 113 cm³/mol. The molecule has 1 aromatic carbocycles. The van der Waals surface area contributed by atoms with E-state index in [-0.39, 0.29) is 23.4 Å². The van der Waals surface area contributed by atoms with Gasteiger partial charge >= 0.3 is 0 Å². The van der Waals surface area contributed by atoms with Gasteiger partial charge in [-0.15, -0.1) is 0 Å². The van der Waals surface area contributed by atoms with Gasteiger partial charge in [0, 0.05) is 38.6 Å². The molecule has 2 saturated heterocycles. The highest BCUT2D eigenvalue weighted by Crippen LogP contribution is 2.40. The molecule has 9 heteroatoms. The number of methoxy groups -OCH3 is 1. The minimum Gasteiger partial charge on any atom is -0.507 e. The van der Waals surface area contributed by atoms with Crippen LogP contribution in [0.25, 0.3) is 5.76 Å². The van der Waals surface area contributed by atoms with E-state index < -0.39 is 29.3 Å². The number of hydrogen-bond donors (Lipinski definition) is 1. The summed E-state index contributed by atoms with van der Waals surface area (Å²) in [5.74, 6) is -2.45. The Labute approximate surface area is 184 Å². The Morgan fingerprint density at radius 1 is 1.25 bits per heavy atom. The first kappa shape index (κ1) is 21.9. The molecule has 2 aliphatic heterocycles. The van der Waals surface area contributed by atoms with Crippen LogP contribution in [0.1, 0.15) is 17.2 Å². The second-order valence-corrected chi connectivity index (χ2v) is 7.58. The molecule has 1 atom stereocenters. The van der Waals surface area contributed by atoms with E-state index >= 15 is 0 Å². The van der Waals surface area contributed by atoms with Crippen molar-refractivity contribution in [3.05, 3.63) is 65.2 Å². The Bertz CT molecular complexity index is 1040. The third kappa shape index (κ3) is 4.21. The Balaban J connectivity index is 1.76. The number of nitrogens with zero attached hydrogens (tertiary/aromatic N) is 3. The molecule has 0 spiro atoms. The Hall–Kier alpha value is -3.30. The number of amides is 1. The van der Waals surface area contributed by atoms with Gasteiger partial charge in [-0.3, -0.25) is 19.5 Å². The van der Waals surface area contributed by atoms with Crippen LogP contribution in [0.5, 0.6) is 5.75 Å². The minimum atomic E-state index is -0.849. The van der Waals surface area contributed by atoms with E-state index in [1.165, 1.54) is 24.1 Å². The summed E-state index contributed by atoms with van der Waals surface area (Å²) in [5.41, 5.74) is 0.465. The van der Waals surface area contributed by atoms with Crippen LogP contribution in [-0.4, -0.2) is 78.1 Å². The van der Waals surface area contributed by atoms with Gasteiger partial charge in [-0.1, -0.05) is 6.07 Å². The molecule has 1 N–H and O–H groups in total. The number of aliphatic hydroxyl groups is 1. The van der Waals surface area contributed by atoms with Crippen molar-refractivity contribution in [2.75, 3.05) is 46.5 Å². The summed E-state index contributed by atoms with van der Waals surface area (Å²) in [6.07, 6.45) is 3.13. The predicted octanol–water partition coefficient (Wildman–Crippen LogP) is 1.98. The maximum atomic E-state index is 14.0. The molecule has 2 aliphatic rings. The van der Waals surface area contributed by atoms with E-state index in [0.717, 1.165) is 19.2 Å². The lowest BCUT2D eigenvalue weighted by Crippen LogP contribution is -2.42. The highest BCUT2D eigenvalue weighted by Gasteiger charge is 2.46. The van der Waals surface area contributed by atoms with E-state index in [1.54, 1.807) is 24.5 Å². The molecular weight excluding hydrogens is 417 g/mol. The standard InChI is InChI=1S/C23H24FN3O5/c1-31-18-5-4-16(24)13-17(18)21(28)19-20(15-3-2-6-25-14-15)27(23(30)22(19)29)8-7-26-9-11-32-12-10-26/h2-6,13-14,20,28H,7-12H2,1H3/t20-/m0/s1. The van der Waals surface area contributed by atoms with Crippen LogP contribution in [0, 0.1) is 5.82 Å². The molecule has 1 amide bonds. The molecule has 168 valence electrons. The van der Waals surface area contributed by atoms with Gasteiger partial charge in [0.15, 0.2) is 0 Å². The first-order valence-corrected chi connectivity index (χ1v) is 10.3. The molecule has 3 heterocycles. The average Bonchev–Trinajstić information content (AvgIpc) is 3.08. The SMILES string of the molecule is COc1ccc(F)cc1C(O)=C1C(=O)C(=O)N(CCN2CCOCC2)[C@H]1c1cccnc1. The van der Waals surface area contributed by atoms with Crippen LogP contribution in [0.3, 0.4) is 0 Å². The number of likely N-dealkylation sites (tertiary alicyclic amines) is 1. The molecule has 0 radical (unpaired) electrons. The quantitative estimate of drug-likeness (QED) is 0.416. The molecular formula is C23H24FN3O5. The topological polar surface area (TPSA) is 92.2 Å². The van der Waals surface area contributed by atoms with Gasteiger partial charge in [-0.05, 0) is 29.8 Å². The van der Waals surface area contributed by atoms with Crippen molar-refractivity contribution >= 4 is 17.4 Å². The summed E-state index contributed by atoms with van der Waals surface area (Å²) in [7, 11) is 1.38. The number of carbonyl (C=O) groups is 2. The first-order valence-electron chi connectivity index (χ1n) is 10.3. The molecule has 4 rings (SSSR count). The number of hydrogen-bond acceptors (Lipinski definition) is 7. The van der Waals surface area contributed by atoms with Crippen molar-refractivity contribution < 1.29 is 28.6 Å². The van der Waals surface area contributed by atoms with Gasteiger partial charge in [0.05, 0.1) is 37.5 Å². The van der Waals surface area contributed by atoms with Crippen molar-refractivity contribution in [2.24, 2.45) is 0 Å². The zero-order valence-corrected chi connectivity index (χ0v) is 17.7. The number of morpholine rings is 1. The molecule has 0 saturated carbocycles. The normalized spacial score (nSPS) is 21.2. The van der Waals surface area contributed by atoms with E-state index in [4.69, 9.17) is 9.47 Å². The highest BCUT2D eigenvalue weighted by atomic mass is 19.1. The van der Waals surface area contributed by atoms with E-state index in [1.807, 2.05) is 0 Å². The summed E-state index contributed by atoms with van der Waals surface area (Å²) in [6, 6.07) is 6.21. The maximum Gasteiger partial charge on any atom is 0.295 e. The van der Waals surface area contributed by atoms with Crippen molar-refractivity contribution in [2.45, 2.75) is 6.04 Å². The number of rotatable bonds is 6. The number of pyridine rings is 1. The van der Waals surface area contributed by atoms with Crippen LogP contribution in [-0.2, 0) is 14.3 Å². The first-order chi connectivity index (χ1) is 15.5. The molecule has 0 unspecified atom stereocenters. The highest BCUT2D eigenvalue weighted by molar-refractivity contribution is 6.46. The molecule has 1 aromatic heterocycles. The van der Waals surface area contributed by atoms with Crippen LogP contribution >= 0.6 is 0 Å². The minimum absolute atomic E-state index is 0.00701. The Morgan fingerprint density at radius 2 is 2.03 bits per heavy atom. The Morgan fingerprint density at radius 3 is 2.72 bits per heavy atom. The maximum absolute atomic E-state index is 14.0. The number of ether oxygens (including phenoxy) is 2. The molecule has 0 bridgehead atoms. The van der Waals surface area contributed by atoms with Gasteiger partial charge < -0.3 is 19.5 Å². The number of ketones is 1. The smallest absolute Gasteiger partial charge is 0.295 e. The zero-order valence-electron chi connectivity index (χ0n) is 17.7. The number of carbonyl (C=O) groups excluding carboxylic acids is 2. The van der Waals surface area contributed by atoms with Gasteiger partial charge in [-0.2, -0.15) is 0 Å². The number of aliphatic hydroxyl groups excluding tert-OH is 1. The summed E-state index contributed by atoms with van der Waals surface area (Å²) >= 11 is 0. The fourth-order valence-electron chi connectivity index (χ4n) is 4.08. The van der Waals surface area contributed by atoms with Crippen LogP contribution in [0.2, 0.25) is 0 Å². The second kappa shape index (κ2) is 9.46. The van der Waals surface area contributed by atoms with E-state index in [2.05, 4.69) is 9.88 Å². The lowest BCUT2D eigenvalue weighted by Gasteiger charge is -2.30. The third-order valence-corrected chi connectivity index (χ3v) is 5.72.